The molecular formula is C26H25ClN4O5. The number of aromatic nitrogens is 3. The molecule has 2 saturated heterocycles. The number of piperidine rings is 1. The molecule has 2 aromatic carbocycles. The molecule has 2 aliphatic rings. The molecule has 0 atom stereocenters. The van der Waals surface area contributed by atoms with Crippen LogP contribution >= 0.6 is 11.6 Å². The van der Waals surface area contributed by atoms with E-state index in [2.05, 4.69) is 5.10 Å². The summed E-state index contributed by atoms with van der Waals surface area (Å²) in [4.78, 5) is 29.5. The number of benzene rings is 2. The van der Waals surface area contributed by atoms with E-state index in [1.807, 2.05) is 35.9 Å². The van der Waals surface area contributed by atoms with Crippen LogP contribution in [0.4, 0.5) is 0 Å². The van der Waals surface area contributed by atoms with E-state index in [1.165, 1.54) is 11.8 Å². The lowest BCUT2D eigenvalue weighted by molar-refractivity contribution is -0.181. The SMILES string of the molecule is COc1ccc(-n2nc(C(=O)N3CCC4(CC3)OCCO4)c3c4ccccc4n(C)c3c2=O)cc1Cl. The van der Waals surface area contributed by atoms with Crippen molar-refractivity contribution in [3.8, 4) is 11.4 Å². The topological polar surface area (TPSA) is 87.8 Å². The number of hydrogen-bond acceptors (Lipinski definition) is 6. The number of rotatable bonds is 3. The summed E-state index contributed by atoms with van der Waals surface area (Å²) in [6.45, 7) is 2.09. The van der Waals surface area contributed by atoms with Crippen LogP contribution in [0, 0.1) is 0 Å². The lowest BCUT2D eigenvalue weighted by Gasteiger charge is -2.37. The number of nitrogens with zero attached hydrogens (tertiary/aromatic N) is 4. The molecule has 10 heteroatoms. The Bertz CT molecular complexity index is 1560. The van der Waals surface area contributed by atoms with Gasteiger partial charge in [-0.15, -0.1) is 0 Å². The Morgan fingerprint density at radius 1 is 1.11 bits per heavy atom. The van der Waals surface area contributed by atoms with E-state index < -0.39 is 5.79 Å². The summed E-state index contributed by atoms with van der Waals surface area (Å²) < 4.78 is 20.0. The number of likely N-dealkylation sites (tertiary alicyclic amines) is 1. The van der Waals surface area contributed by atoms with Gasteiger partial charge in [0.2, 0.25) is 0 Å². The predicted molar refractivity (Wildman–Crippen MR) is 135 cm³/mol. The molecule has 36 heavy (non-hydrogen) atoms. The quantitative estimate of drug-likeness (QED) is 0.421. The molecule has 1 spiro atoms. The summed E-state index contributed by atoms with van der Waals surface area (Å²) in [5, 5.41) is 6.33. The fourth-order valence-electron chi connectivity index (χ4n) is 5.28. The predicted octanol–water partition coefficient (Wildman–Crippen LogP) is 3.52. The van der Waals surface area contributed by atoms with Crippen LogP contribution in [0.5, 0.6) is 5.75 Å². The van der Waals surface area contributed by atoms with E-state index >= 15 is 0 Å². The first-order valence-electron chi connectivity index (χ1n) is 11.8. The molecule has 0 radical (unpaired) electrons. The third-order valence-electron chi connectivity index (χ3n) is 7.15. The second-order valence-corrected chi connectivity index (χ2v) is 9.49. The van der Waals surface area contributed by atoms with Crippen LogP contribution in [0.2, 0.25) is 5.02 Å². The molecule has 0 N–H and O–H groups in total. The van der Waals surface area contributed by atoms with Gasteiger partial charge in [-0.05, 0) is 24.3 Å². The number of hydrogen-bond donors (Lipinski definition) is 0. The van der Waals surface area contributed by atoms with Crippen LogP contribution in [-0.4, -0.2) is 64.4 Å². The zero-order valence-corrected chi connectivity index (χ0v) is 20.7. The minimum Gasteiger partial charge on any atom is -0.495 e. The van der Waals surface area contributed by atoms with Crippen molar-refractivity contribution in [2.45, 2.75) is 18.6 Å². The van der Waals surface area contributed by atoms with Crippen molar-refractivity contribution in [1.82, 2.24) is 19.2 Å². The van der Waals surface area contributed by atoms with E-state index in [-0.39, 0.29) is 17.2 Å². The standard InChI is InChI=1S/C26H25ClN4O5/c1-29-19-6-4-3-5-17(19)21-22(24(32)30-11-9-26(10-12-30)35-13-14-36-26)28-31(25(33)23(21)29)16-7-8-20(34-2)18(27)15-16/h3-8,15H,9-14H2,1-2H3. The van der Waals surface area contributed by atoms with Gasteiger partial charge >= 0.3 is 0 Å². The minimum atomic E-state index is -0.600. The first-order valence-corrected chi connectivity index (χ1v) is 12.2. The van der Waals surface area contributed by atoms with E-state index in [0.717, 1.165) is 10.9 Å². The molecule has 186 valence electrons. The fourth-order valence-corrected chi connectivity index (χ4v) is 5.53. The second-order valence-electron chi connectivity index (χ2n) is 9.08. The number of ether oxygens (including phenoxy) is 3. The Morgan fingerprint density at radius 3 is 2.53 bits per heavy atom. The van der Waals surface area contributed by atoms with E-state index in [1.54, 1.807) is 23.1 Å². The van der Waals surface area contributed by atoms with Gasteiger partial charge in [0.15, 0.2) is 11.5 Å². The fraction of sp³-hybridized carbons (Fsp3) is 0.346. The van der Waals surface area contributed by atoms with Crippen LogP contribution < -0.4 is 10.3 Å². The van der Waals surface area contributed by atoms with Gasteiger partial charge in [-0.3, -0.25) is 9.59 Å². The summed E-state index contributed by atoms with van der Waals surface area (Å²) >= 11 is 6.36. The zero-order valence-electron chi connectivity index (χ0n) is 20.0. The van der Waals surface area contributed by atoms with Crippen LogP contribution in [0.15, 0.2) is 47.3 Å². The molecule has 0 unspecified atom stereocenters. The van der Waals surface area contributed by atoms with Gasteiger partial charge in [-0.2, -0.15) is 9.78 Å². The molecule has 4 aromatic rings. The lowest BCUT2D eigenvalue weighted by Crippen LogP contribution is -2.47. The average Bonchev–Trinajstić information content (AvgIpc) is 3.47. The van der Waals surface area contributed by atoms with Crippen molar-refractivity contribution in [1.29, 1.82) is 0 Å². The van der Waals surface area contributed by atoms with Gasteiger partial charge in [0.1, 0.15) is 11.3 Å². The van der Waals surface area contributed by atoms with E-state index in [4.69, 9.17) is 25.8 Å². The number of amides is 1. The van der Waals surface area contributed by atoms with Gasteiger partial charge < -0.3 is 23.7 Å². The molecule has 4 heterocycles. The number of para-hydroxylation sites is 1. The molecule has 6 rings (SSSR count). The number of aryl methyl sites for hydroxylation is 1. The molecule has 2 aromatic heterocycles. The molecular weight excluding hydrogens is 484 g/mol. The molecule has 2 aliphatic heterocycles. The highest BCUT2D eigenvalue weighted by atomic mass is 35.5. The highest BCUT2D eigenvalue weighted by Gasteiger charge is 2.41. The maximum atomic E-state index is 13.9. The summed E-state index contributed by atoms with van der Waals surface area (Å²) in [6.07, 6.45) is 1.18. The molecule has 0 saturated carbocycles. The first kappa shape index (κ1) is 23.0. The van der Waals surface area contributed by atoms with Crippen molar-refractivity contribution < 1.29 is 19.0 Å². The molecule has 9 nitrogen and oxygen atoms in total. The third kappa shape index (κ3) is 3.49. The highest BCUT2D eigenvalue weighted by molar-refractivity contribution is 6.32. The molecule has 1 amide bonds. The van der Waals surface area contributed by atoms with Crippen molar-refractivity contribution in [3.05, 3.63) is 63.5 Å². The second kappa shape index (κ2) is 8.62. The van der Waals surface area contributed by atoms with E-state index in [0.29, 0.717) is 66.5 Å². The third-order valence-corrected chi connectivity index (χ3v) is 7.44. The zero-order chi connectivity index (χ0) is 25.0. The number of carbonyl (C=O) groups is 1. The highest BCUT2D eigenvalue weighted by Crippen LogP contribution is 2.34. The summed E-state index contributed by atoms with van der Waals surface area (Å²) in [7, 11) is 3.35. The minimum absolute atomic E-state index is 0.220. The van der Waals surface area contributed by atoms with Gasteiger partial charge in [-0.25, -0.2) is 0 Å². The normalized spacial score (nSPS) is 17.4. The lowest BCUT2D eigenvalue weighted by atomic mass is 10.0. The Labute approximate surface area is 211 Å². The number of methoxy groups -OCH3 is 1. The number of halogens is 1. The van der Waals surface area contributed by atoms with Crippen molar-refractivity contribution in [3.63, 3.8) is 0 Å². The first-order chi connectivity index (χ1) is 17.4. The maximum absolute atomic E-state index is 13.9. The van der Waals surface area contributed by atoms with Crippen LogP contribution in [0.3, 0.4) is 0 Å². The van der Waals surface area contributed by atoms with E-state index in [9.17, 15) is 9.59 Å². The Morgan fingerprint density at radius 2 is 1.83 bits per heavy atom. The Kier molecular flexibility index (Phi) is 5.51. The van der Waals surface area contributed by atoms with Crippen molar-refractivity contribution in [2.75, 3.05) is 33.4 Å². The number of carbonyl (C=O) groups excluding carboxylic acids is 1. The Hall–Kier alpha value is -3.40. The van der Waals surface area contributed by atoms with Gasteiger partial charge in [0.25, 0.3) is 11.5 Å². The van der Waals surface area contributed by atoms with Gasteiger partial charge in [0.05, 0.1) is 31.0 Å². The van der Waals surface area contributed by atoms with Gasteiger partial charge in [-0.1, -0.05) is 29.8 Å². The average molecular weight is 509 g/mol. The van der Waals surface area contributed by atoms with Crippen LogP contribution in [0.1, 0.15) is 23.3 Å². The Balaban J connectivity index is 1.53. The molecule has 0 aliphatic carbocycles. The molecule has 0 bridgehead atoms. The van der Waals surface area contributed by atoms with Crippen molar-refractivity contribution >= 4 is 39.3 Å². The smallest absolute Gasteiger partial charge is 0.296 e. The van der Waals surface area contributed by atoms with Crippen LogP contribution in [-0.2, 0) is 16.5 Å². The summed E-state index contributed by atoms with van der Waals surface area (Å²) in [5.41, 5.74) is 1.57. The molecule has 2 fully saturated rings. The monoisotopic (exact) mass is 508 g/mol. The van der Waals surface area contributed by atoms with Crippen LogP contribution in [0.25, 0.3) is 27.5 Å². The number of fused-ring (bicyclic) bond motifs is 3. The largest absolute Gasteiger partial charge is 0.495 e. The van der Waals surface area contributed by atoms with Crippen molar-refractivity contribution in [2.24, 2.45) is 7.05 Å². The summed E-state index contributed by atoms with van der Waals surface area (Å²) in [5.74, 6) is -0.357. The summed E-state index contributed by atoms with van der Waals surface area (Å²) in [6, 6.07) is 12.6. The maximum Gasteiger partial charge on any atom is 0.296 e. The van der Waals surface area contributed by atoms with Gasteiger partial charge in [0, 0.05) is 49.3 Å².